The Morgan fingerprint density at radius 1 is 1.03 bits per heavy atom. The molecule has 0 spiro atoms. The first-order valence-electron chi connectivity index (χ1n) is 10.1. The molecule has 0 bridgehead atoms. The van der Waals surface area contributed by atoms with Gasteiger partial charge in [0, 0.05) is 23.8 Å². The summed E-state index contributed by atoms with van der Waals surface area (Å²) in [6.45, 7) is 1.91. The lowest BCUT2D eigenvalue weighted by Gasteiger charge is -2.18. The van der Waals surface area contributed by atoms with E-state index >= 15 is 0 Å². The molecule has 164 valence electrons. The lowest BCUT2D eigenvalue weighted by atomic mass is 10.1. The molecule has 32 heavy (non-hydrogen) atoms. The van der Waals surface area contributed by atoms with E-state index < -0.39 is 12.1 Å². The van der Waals surface area contributed by atoms with Crippen molar-refractivity contribution in [3.63, 3.8) is 0 Å². The normalized spacial score (nSPS) is 11.8. The van der Waals surface area contributed by atoms with Gasteiger partial charge in [0.25, 0.3) is 5.56 Å². The van der Waals surface area contributed by atoms with Gasteiger partial charge in [0.1, 0.15) is 23.3 Å². The first-order valence-corrected chi connectivity index (χ1v) is 10.1. The van der Waals surface area contributed by atoms with Crippen LogP contribution in [-0.4, -0.2) is 34.8 Å². The minimum atomic E-state index is -0.593. The number of benzene rings is 2. The van der Waals surface area contributed by atoms with Crippen LogP contribution in [0.1, 0.15) is 35.5 Å². The number of aromatic nitrogens is 3. The summed E-state index contributed by atoms with van der Waals surface area (Å²) < 4.78 is 17.6. The molecule has 2 aromatic heterocycles. The number of hydrogen-bond donors (Lipinski definition) is 1. The number of H-pyrrole nitrogens is 1. The van der Waals surface area contributed by atoms with Crippen LogP contribution in [-0.2, 0) is 4.74 Å². The van der Waals surface area contributed by atoms with Gasteiger partial charge in [-0.3, -0.25) is 9.89 Å². The van der Waals surface area contributed by atoms with Crippen LogP contribution in [0.15, 0.2) is 65.5 Å². The largest absolute Gasteiger partial charge is 0.497 e. The zero-order valence-corrected chi connectivity index (χ0v) is 18.0. The molecule has 0 saturated heterocycles. The molecule has 0 radical (unpaired) electrons. The van der Waals surface area contributed by atoms with Crippen molar-refractivity contribution in [1.82, 2.24) is 14.6 Å². The van der Waals surface area contributed by atoms with Crippen molar-refractivity contribution in [1.29, 1.82) is 0 Å². The van der Waals surface area contributed by atoms with Gasteiger partial charge in [0.05, 0.1) is 19.9 Å². The number of rotatable bonds is 7. The molecule has 0 aliphatic carbocycles. The molecule has 1 N–H and O–H groups in total. The number of nitrogens with zero attached hydrogens (tertiary/aromatic N) is 2. The van der Waals surface area contributed by atoms with E-state index in [4.69, 9.17) is 14.2 Å². The van der Waals surface area contributed by atoms with Crippen LogP contribution < -0.4 is 15.0 Å². The molecule has 0 saturated carbocycles. The Labute approximate surface area is 184 Å². The van der Waals surface area contributed by atoms with Gasteiger partial charge in [-0.05, 0) is 24.1 Å². The van der Waals surface area contributed by atoms with Gasteiger partial charge in [-0.1, -0.05) is 37.3 Å². The number of fused-ring (bicyclic) bond motifs is 1. The average Bonchev–Trinajstić information content (AvgIpc) is 3.27. The molecule has 4 aromatic rings. The highest BCUT2D eigenvalue weighted by Crippen LogP contribution is 2.30. The molecule has 8 nitrogen and oxygen atoms in total. The maximum Gasteiger partial charge on any atom is 0.356 e. The van der Waals surface area contributed by atoms with E-state index in [1.807, 2.05) is 37.3 Å². The van der Waals surface area contributed by atoms with Crippen LogP contribution >= 0.6 is 0 Å². The first kappa shape index (κ1) is 21.2. The van der Waals surface area contributed by atoms with Gasteiger partial charge in [-0.15, -0.1) is 0 Å². The average molecular weight is 433 g/mol. The maximum atomic E-state index is 12.9. The van der Waals surface area contributed by atoms with Crippen molar-refractivity contribution >= 4 is 11.6 Å². The highest BCUT2D eigenvalue weighted by molar-refractivity contribution is 5.88. The fraction of sp³-hybridized carbons (Fsp3) is 0.208. The molecule has 1 unspecified atom stereocenters. The minimum Gasteiger partial charge on any atom is -0.497 e. The van der Waals surface area contributed by atoms with Gasteiger partial charge in [0.15, 0.2) is 5.65 Å². The first-order chi connectivity index (χ1) is 15.5. The molecule has 8 heteroatoms. The summed E-state index contributed by atoms with van der Waals surface area (Å²) >= 11 is 0. The summed E-state index contributed by atoms with van der Waals surface area (Å²) in [6.07, 6.45) is 0.0148. The van der Waals surface area contributed by atoms with Crippen molar-refractivity contribution in [3.05, 3.63) is 82.3 Å². The van der Waals surface area contributed by atoms with Crippen molar-refractivity contribution < 1.29 is 19.0 Å². The van der Waals surface area contributed by atoms with E-state index in [-0.39, 0.29) is 11.3 Å². The zero-order valence-electron chi connectivity index (χ0n) is 18.0. The predicted molar refractivity (Wildman–Crippen MR) is 119 cm³/mol. The summed E-state index contributed by atoms with van der Waals surface area (Å²) in [5.74, 6) is 0.608. The highest BCUT2D eigenvalue weighted by atomic mass is 16.5. The van der Waals surface area contributed by atoms with E-state index in [1.54, 1.807) is 32.4 Å². The van der Waals surface area contributed by atoms with E-state index in [9.17, 15) is 9.59 Å². The van der Waals surface area contributed by atoms with Crippen LogP contribution in [0.4, 0.5) is 0 Å². The van der Waals surface area contributed by atoms with Gasteiger partial charge in [0.2, 0.25) is 0 Å². The fourth-order valence-corrected chi connectivity index (χ4v) is 3.45. The smallest absolute Gasteiger partial charge is 0.356 e. The number of carbonyl (C=O) groups is 1. The van der Waals surface area contributed by atoms with E-state index in [2.05, 4.69) is 10.1 Å². The third kappa shape index (κ3) is 4.20. The second-order valence-corrected chi connectivity index (χ2v) is 7.16. The second kappa shape index (κ2) is 8.97. The number of hydrogen-bond acceptors (Lipinski definition) is 6. The Morgan fingerprint density at radius 3 is 2.34 bits per heavy atom. The van der Waals surface area contributed by atoms with Crippen LogP contribution in [0.2, 0.25) is 0 Å². The zero-order chi connectivity index (χ0) is 22.7. The molecule has 0 amide bonds. The molecule has 0 aliphatic heterocycles. The summed E-state index contributed by atoms with van der Waals surface area (Å²) in [7, 11) is 3.12. The molecule has 1 atom stereocenters. The predicted octanol–water partition coefficient (Wildman–Crippen LogP) is 4.01. The number of ether oxygens (including phenoxy) is 3. The fourth-order valence-electron chi connectivity index (χ4n) is 3.45. The maximum absolute atomic E-state index is 12.9. The lowest BCUT2D eigenvalue weighted by molar-refractivity contribution is 0.0279. The van der Waals surface area contributed by atoms with E-state index in [0.717, 1.165) is 11.1 Å². The van der Waals surface area contributed by atoms with Gasteiger partial charge >= 0.3 is 5.97 Å². The second-order valence-electron chi connectivity index (χ2n) is 7.16. The topological polar surface area (TPSA) is 94.9 Å². The molecule has 4 rings (SSSR count). The van der Waals surface area contributed by atoms with Crippen LogP contribution in [0.25, 0.3) is 16.9 Å². The highest BCUT2D eigenvalue weighted by Gasteiger charge is 2.21. The molecule has 2 aromatic carbocycles. The third-order valence-electron chi connectivity index (χ3n) is 5.11. The summed E-state index contributed by atoms with van der Waals surface area (Å²) in [4.78, 5) is 29.9. The van der Waals surface area contributed by atoms with Crippen molar-refractivity contribution in [2.24, 2.45) is 0 Å². The number of aromatic amines is 1. The molecular formula is C24H23N3O5. The Morgan fingerprint density at radius 2 is 1.72 bits per heavy atom. The Balaban J connectivity index is 1.63. The standard InChI is InChI=1S/C24H23N3O5/c1-4-21(16-10-17(30-2)12-18(11-16)31-3)32-24(29)20-13-22-25-19(14-23(28)27(22)26-20)15-8-6-5-7-9-15/h5-14,21,26H,4H2,1-3H3. The van der Waals surface area contributed by atoms with Crippen molar-refractivity contribution in [2.75, 3.05) is 14.2 Å². The van der Waals surface area contributed by atoms with Gasteiger partial charge in [-0.25, -0.2) is 14.3 Å². The molecular weight excluding hydrogens is 410 g/mol. The quantitative estimate of drug-likeness (QED) is 0.443. The summed E-state index contributed by atoms with van der Waals surface area (Å²) in [5, 5.41) is 2.79. The Hall–Kier alpha value is -4.07. The van der Waals surface area contributed by atoms with Crippen LogP contribution in [0, 0.1) is 0 Å². The van der Waals surface area contributed by atoms with Crippen LogP contribution in [0.3, 0.4) is 0 Å². The van der Waals surface area contributed by atoms with Crippen LogP contribution in [0.5, 0.6) is 11.5 Å². The number of methoxy groups -OCH3 is 2. The lowest BCUT2D eigenvalue weighted by Crippen LogP contribution is -2.16. The number of carbonyl (C=O) groups excluding carboxylic acids is 1. The summed E-state index contributed by atoms with van der Waals surface area (Å²) in [6, 6.07) is 17.7. The van der Waals surface area contributed by atoms with E-state index in [0.29, 0.717) is 29.3 Å². The minimum absolute atomic E-state index is 0.133. The molecule has 0 aliphatic rings. The van der Waals surface area contributed by atoms with Gasteiger partial charge < -0.3 is 14.2 Å². The van der Waals surface area contributed by atoms with E-state index in [1.165, 1.54) is 16.6 Å². The summed E-state index contributed by atoms with van der Waals surface area (Å²) in [5.41, 5.74) is 2.24. The number of esters is 1. The molecule has 2 heterocycles. The third-order valence-corrected chi connectivity index (χ3v) is 5.11. The van der Waals surface area contributed by atoms with Crippen molar-refractivity contribution in [3.8, 4) is 22.8 Å². The SMILES string of the molecule is CCC(OC(=O)c1cc2nc(-c3ccccc3)cc(=O)n2[nH]1)c1cc(OC)cc(OC)c1. The Bertz CT molecular complexity index is 1290. The number of nitrogens with one attached hydrogen (secondary N) is 1. The Kier molecular flexibility index (Phi) is 5.93. The van der Waals surface area contributed by atoms with Crippen molar-refractivity contribution in [2.45, 2.75) is 19.4 Å². The monoisotopic (exact) mass is 433 g/mol. The van der Waals surface area contributed by atoms with Gasteiger partial charge in [-0.2, -0.15) is 0 Å². The molecule has 0 fully saturated rings.